The second-order valence-corrected chi connectivity index (χ2v) is 5.58. The summed E-state index contributed by atoms with van der Waals surface area (Å²) in [4.78, 5) is 14.1. The molecule has 1 amide bonds. The van der Waals surface area contributed by atoms with Crippen LogP contribution in [-0.4, -0.2) is 47.2 Å². The third-order valence-corrected chi connectivity index (χ3v) is 4.21. The maximum Gasteiger partial charge on any atom is 0.237 e. The Labute approximate surface area is 111 Å². The number of amides is 1. The van der Waals surface area contributed by atoms with Crippen LogP contribution in [0.15, 0.2) is 0 Å². The van der Waals surface area contributed by atoms with Gasteiger partial charge in [0.05, 0.1) is 12.1 Å². The minimum Gasteiger partial charge on any atom is -0.391 e. The van der Waals surface area contributed by atoms with Crippen LogP contribution in [-0.2, 0) is 4.79 Å². The molecule has 0 heterocycles. The van der Waals surface area contributed by atoms with Gasteiger partial charge >= 0.3 is 0 Å². The standard InChI is InChI=1S/C14H28N2O2/c1-5-10(2)15-14(18)11(3)16(4)12-8-6-7-9-13(12)17/h10-13,17H,5-9H2,1-4H3,(H,15,18). The fourth-order valence-electron chi connectivity index (χ4n) is 2.50. The number of aliphatic hydroxyl groups is 1. The Morgan fingerprint density at radius 1 is 1.39 bits per heavy atom. The van der Waals surface area contributed by atoms with Gasteiger partial charge in [-0.05, 0) is 40.2 Å². The molecule has 1 fully saturated rings. The third-order valence-electron chi connectivity index (χ3n) is 4.21. The molecule has 0 aromatic rings. The van der Waals surface area contributed by atoms with Crippen molar-refractivity contribution in [1.29, 1.82) is 0 Å². The normalized spacial score (nSPS) is 27.9. The summed E-state index contributed by atoms with van der Waals surface area (Å²) in [6.45, 7) is 5.99. The maximum absolute atomic E-state index is 12.1. The van der Waals surface area contributed by atoms with E-state index < -0.39 is 0 Å². The van der Waals surface area contributed by atoms with Crippen LogP contribution in [0.2, 0.25) is 0 Å². The van der Waals surface area contributed by atoms with Gasteiger partial charge < -0.3 is 10.4 Å². The van der Waals surface area contributed by atoms with Crippen molar-refractivity contribution in [1.82, 2.24) is 10.2 Å². The van der Waals surface area contributed by atoms with Gasteiger partial charge in [0.15, 0.2) is 0 Å². The fourth-order valence-corrected chi connectivity index (χ4v) is 2.50. The van der Waals surface area contributed by atoms with Crippen LogP contribution in [0.3, 0.4) is 0 Å². The van der Waals surface area contributed by atoms with Crippen LogP contribution in [0, 0.1) is 0 Å². The van der Waals surface area contributed by atoms with Gasteiger partial charge in [-0.25, -0.2) is 0 Å². The largest absolute Gasteiger partial charge is 0.391 e. The number of rotatable bonds is 5. The van der Waals surface area contributed by atoms with Gasteiger partial charge in [0.2, 0.25) is 5.91 Å². The molecule has 1 rings (SSSR count). The number of aliphatic hydroxyl groups excluding tert-OH is 1. The van der Waals surface area contributed by atoms with Crippen molar-refractivity contribution >= 4 is 5.91 Å². The van der Waals surface area contributed by atoms with E-state index >= 15 is 0 Å². The molecule has 1 aliphatic carbocycles. The first-order valence-corrected chi connectivity index (χ1v) is 7.17. The molecule has 1 saturated carbocycles. The van der Waals surface area contributed by atoms with Crippen LogP contribution in [0.1, 0.15) is 52.9 Å². The summed E-state index contributed by atoms with van der Waals surface area (Å²) in [7, 11) is 1.94. The zero-order valence-electron chi connectivity index (χ0n) is 12.1. The minimum absolute atomic E-state index is 0.0598. The molecule has 1 aliphatic rings. The quantitative estimate of drug-likeness (QED) is 0.784. The van der Waals surface area contributed by atoms with Crippen LogP contribution in [0.25, 0.3) is 0 Å². The highest BCUT2D eigenvalue weighted by Crippen LogP contribution is 2.23. The molecular formula is C14H28N2O2. The zero-order valence-corrected chi connectivity index (χ0v) is 12.1. The molecule has 0 aromatic carbocycles. The van der Waals surface area contributed by atoms with Crippen LogP contribution < -0.4 is 5.32 Å². The highest BCUT2D eigenvalue weighted by atomic mass is 16.3. The van der Waals surface area contributed by atoms with E-state index in [0.29, 0.717) is 0 Å². The van der Waals surface area contributed by atoms with Crippen molar-refractivity contribution in [3.05, 3.63) is 0 Å². The summed E-state index contributed by atoms with van der Waals surface area (Å²) >= 11 is 0. The highest BCUT2D eigenvalue weighted by molar-refractivity contribution is 5.81. The molecule has 2 N–H and O–H groups in total. The highest BCUT2D eigenvalue weighted by Gasteiger charge is 2.31. The summed E-state index contributed by atoms with van der Waals surface area (Å²) < 4.78 is 0. The smallest absolute Gasteiger partial charge is 0.237 e. The molecule has 0 aromatic heterocycles. The number of likely N-dealkylation sites (N-methyl/N-ethyl adjacent to an activating group) is 1. The summed E-state index contributed by atoms with van der Waals surface area (Å²) in [5, 5.41) is 13.0. The Morgan fingerprint density at radius 2 is 2.00 bits per heavy atom. The van der Waals surface area contributed by atoms with Crippen LogP contribution in [0.5, 0.6) is 0 Å². The predicted octanol–water partition coefficient (Wildman–Crippen LogP) is 1.52. The van der Waals surface area contributed by atoms with Crippen LogP contribution >= 0.6 is 0 Å². The summed E-state index contributed by atoms with van der Waals surface area (Å²) in [6, 6.07) is 0.151. The van der Waals surface area contributed by atoms with Crippen molar-refractivity contribution in [2.45, 2.75) is 77.1 Å². The topological polar surface area (TPSA) is 52.6 Å². The average molecular weight is 256 g/mol. The average Bonchev–Trinajstić information content (AvgIpc) is 2.37. The van der Waals surface area contributed by atoms with E-state index in [9.17, 15) is 9.90 Å². The van der Waals surface area contributed by atoms with Gasteiger partial charge in [0.1, 0.15) is 0 Å². The van der Waals surface area contributed by atoms with Gasteiger partial charge in [0.25, 0.3) is 0 Å². The lowest BCUT2D eigenvalue weighted by atomic mass is 9.91. The number of nitrogens with one attached hydrogen (secondary N) is 1. The molecule has 0 saturated heterocycles. The number of hydrogen-bond acceptors (Lipinski definition) is 3. The van der Waals surface area contributed by atoms with Gasteiger partial charge in [-0.2, -0.15) is 0 Å². The molecule has 4 heteroatoms. The van der Waals surface area contributed by atoms with E-state index in [-0.39, 0.29) is 30.1 Å². The molecule has 4 unspecified atom stereocenters. The number of carbonyl (C=O) groups is 1. The Hall–Kier alpha value is -0.610. The molecule has 4 atom stereocenters. The number of hydrogen-bond donors (Lipinski definition) is 2. The fraction of sp³-hybridized carbons (Fsp3) is 0.929. The second kappa shape index (κ2) is 7.10. The SMILES string of the molecule is CCC(C)NC(=O)C(C)N(C)C1CCCCC1O. The second-order valence-electron chi connectivity index (χ2n) is 5.58. The van der Waals surface area contributed by atoms with Gasteiger partial charge in [0, 0.05) is 12.1 Å². The van der Waals surface area contributed by atoms with Crippen molar-refractivity contribution < 1.29 is 9.90 Å². The van der Waals surface area contributed by atoms with E-state index in [2.05, 4.69) is 12.2 Å². The first-order chi connectivity index (χ1) is 8.47. The molecule has 0 radical (unpaired) electrons. The minimum atomic E-state index is -0.289. The molecule has 106 valence electrons. The lowest BCUT2D eigenvalue weighted by molar-refractivity contribution is -0.128. The van der Waals surface area contributed by atoms with Gasteiger partial charge in [-0.15, -0.1) is 0 Å². The Morgan fingerprint density at radius 3 is 2.56 bits per heavy atom. The Balaban J connectivity index is 2.53. The Bertz CT molecular complexity index is 271. The van der Waals surface area contributed by atoms with Crippen molar-refractivity contribution in [2.75, 3.05) is 7.05 Å². The zero-order chi connectivity index (χ0) is 13.7. The van der Waals surface area contributed by atoms with E-state index in [0.717, 1.165) is 32.1 Å². The molecule has 0 spiro atoms. The van der Waals surface area contributed by atoms with E-state index in [4.69, 9.17) is 0 Å². The first kappa shape index (κ1) is 15.4. The van der Waals surface area contributed by atoms with Gasteiger partial charge in [-0.1, -0.05) is 19.8 Å². The van der Waals surface area contributed by atoms with Crippen molar-refractivity contribution in [2.24, 2.45) is 0 Å². The molecule has 0 aliphatic heterocycles. The van der Waals surface area contributed by atoms with Crippen molar-refractivity contribution in [3.8, 4) is 0 Å². The number of carbonyl (C=O) groups excluding carboxylic acids is 1. The van der Waals surface area contributed by atoms with Gasteiger partial charge in [-0.3, -0.25) is 9.69 Å². The first-order valence-electron chi connectivity index (χ1n) is 7.17. The predicted molar refractivity (Wildman–Crippen MR) is 73.4 cm³/mol. The third kappa shape index (κ3) is 3.95. The lowest BCUT2D eigenvalue weighted by Crippen LogP contribution is -2.53. The maximum atomic E-state index is 12.1. The molecule has 4 nitrogen and oxygen atoms in total. The molecular weight excluding hydrogens is 228 g/mol. The lowest BCUT2D eigenvalue weighted by Gasteiger charge is -2.38. The van der Waals surface area contributed by atoms with E-state index in [1.165, 1.54) is 0 Å². The van der Waals surface area contributed by atoms with E-state index in [1.54, 1.807) is 0 Å². The molecule has 18 heavy (non-hydrogen) atoms. The molecule has 0 bridgehead atoms. The summed E-state index contributed by atoms with van der Waals surface area (Å²) in [6.07, 6.45) is 4.73. The summed E-state index contributed by atoms with van der Waals surface area (Å²) in [5.41, 5.74) is 0. The van der Waals surface area contributed by atoms with Crippen LogP contribution in [0.4, 0.5) is 0 Å². The monoisotopic (exact) mass is 256 g/mol. The summed E-state index contributed by atoms with van der Waals surface area (Å²) in [5.74, 6) is 0.0598. The van der Waals surface area contributed by atoms with E-state index in [1.807, 2.05) is 25.8 Å². The Kier molecular flexibility index (Phi) is 6.09. The number of nitrogens with zero attached hydrogens (tertiary/aromatic N) is 1. The van der Waals surface area contributed by atoms with Crippen molar-refractivity contribution in [3.63, 3.8) is 0 Å².